The van der Waals surface area contributed by atoms with Crippen molar-refractivity contribution in [3.8, 4) is 0 Å². The number of ketones is 1. The summed E-state index contributed by atoms with van der Waals surface area (Å²) in [5.74, 6) is -2.02. The van der Waals surface area contributed by atoms with E-state index in [0.717, 1.165) is 49.7 Å². The third-order valence-corrected chi connectivity index (χ3v) is 6.33. The van der Waals surface area contributed by atoms with E-state index in [-0.39, 0.29) is 11.3 Å². The molecule has 0 saturated carbocycles. The Labute approximate surface area is 191 Å². The average Bonchev–Trinajstić information content (AvgIpc) is 3.19. The van der Waals surface area contributed by atoms with Crippen molar-refractivity contribution in [1.29, 1.82) is 0 Å². The SMILES string of the molecule is C=Cc1cc(CN2CCc3c(C(C)=O)csc3C2)cnc1N.CC(F)(F)c1ccccc1. The monoisotopic (exact) mass is 455 g/mol. The minimum Gasteiger partial charge on any atom is -0.383 e. The lowest BCUT2D eigenvalue weighted by molar-refractivity contribution is 0.0175. The van der Waals surface area contributed by atoms with Crippen LogP contribution in [0.3, 0.4) is 0 Å². The van der Waals surface area contributed by atoms with Gasteiger partial charge in [-0.25, -0.2) is 13.8 Å². The number of Topliss-reactive ketones (excluding diaryl/α,β-unsaturated/α-hetero) is 1. The Kier molecular flexibility index (Phi) is 7.53. The first-order chi connectivity index (χ1) is 15.2. The van der Waals surface area contributed by atoms with E-state index in [4.69, 9.17) is 5.73 Å². The second-order valence-electron chi connectivity index (χ2n) is 7.84. The van der Waals surface area contributed by atoms with E-state index in [9.17, 15) is 13.6 Å². The van der Waals surface area contributed by atoms with Crippen molar-refractivity contribution in [2.45, 2.75) is 39.3 Å². The standard InChI is InChI=1S/C17H19N3OS.C8H8F2/c1-3-13-6-12(7-19-17(13)18)8-20-5-4-14-15(11(2)21)10-22-16(14)9-20;1-8(9,10)7-5-3-2-4-6-7/h3,6-7,10H,1,4-5,8-9H2,2H3,(H2,18,19);2-6H,1H3. The Morgan fingerprint density at radius 2 is 2.06 bits per heavy atom. The summed E-state index contributed by atoms with van der Waals surface area (Å²) in [6.45, 7) is 8.98. The van der Waals surface area contributed by atoms with Crippen LogP contribution >= 0.6 is 11.3 Å². The maximum absolute atomic E-state index is 12.5. The summed E-state index contributed by atoms with van der Waals surface area (Å²) in [5.41, 5.74) is 10.0. The summed E-state index contributed by atoms with van der Waals surface area (Å²) in [7, 11) is 0. The molecule has 4 rings (SSSR count). The molecule has 1 aliphatic rings. The maximum Gasteiger partial charge on any atom is 0.270 e. The molecule has 168 valence electrons. The Hall–Kier alpha value is -2.90. The fourth-order valence-electron chi connectivity index (χ4n) is 3.59. The summed E-state index contributed by atoms with van der Waals surface area (Å²) in [6.07, 6.45) is 4.50. The normalized spacial score (nSPS) is 13.6. The van der Waals surface area contributed by atoms with Crippen molar-refractivity contribution in [2.75, 3.05) is 12.3 Å². The summed E-state index contributed by atoms with van der Waals surface area (Å²) in [4.78, 5) is 19.5. The van der Waals surface area contributed by atoms with Gasteiger partial charge >= 0.3 is 0 Å². The second kappa shape index (κ2) is 10.1. The van der Waals surface area contributed by atoms with Crippen molar-refractivity contribution in [3.63, 3.8) is 0 Å². The summed E-state index contributed by atoms with van der Waals surface area (Å²) < 4.78 is 24.9. The van der Waals surface area contributed by atoms with Crippen molar-refractivity contribution in [2.24, 2.45) is 0 Å². The van der Waals surface area contributed by atoms with Crippen molar-refractivity contribution in [1.82, 2.24) is 9.88 Å². The van der Waals surface area contributed by atoms with Crippen LogP contribution in [-0.2, 0) is 25.4 Å². The van der Waals surface area contributed by atoms with E-state index >= 15 is 0 Å². The van der Waals surface area contributed by atoms with Gasteiger partial charge in [0.15, 0.2) is 5.78 Å². The van der Waals surface area contributed by atoms with Gasteiger partial charge < -0.3 is 5.73 Å². The third-order valence-electron chi connectivity index (χ3n) is 5.32. The molecule has 0 unspecified atom stereocenters. The molecular formula is C25H27F2N3OS. The van der Waals surface area contributed by atoms with Gasteiger partial charge in [-0.2, -0.15) is 0 Å². The number of hydrogen-bond acceptors (Lipinski definition) is 5. The predicted octanol–water partition coefficient (Wildman–Crippen LogP) is 5.93. The van der Waals surface area contributed by atoms with Gasteiger partial charge in [-0.3, -0.25) is 9.69 Å². The Bertz CT molecular complexity index is 1090. The number of fused-ring (bicyclic) bond motifs is 1. The molecule has 0 saturated heterocycles. The number of nitrogen functional groups attached to an aromatic ring is 1. The van der Waals surface area contributed by atoms with E-state index in [2.05, 4.69) is 16.5 Å². The fourth-order valence-corrected chi connectivity index (χ4v) is 4.77. The van der Waals surface area contributed by atoms with Crippen molar-refractivity contribution < 1.29 is 13.6 Å². The molecule has 1 aliphatic heterocycles. The first-order valence-electron chi connectivity index (χ1n) is 10.3. The maximum atomic E-state index is 12.5. The van der Waals surface area contributed by atoms with Gasteiger partial charge in [0.2, 0.25) is 0 Å². The number of anilines is 1. The molecule has 4 nitrogen and oxygen atoms in total. The second-order valence-corrected chi connectivity index (χ2v) is 8.81. The molecule has 0 amide bonds. The number of benzene rings is 1. The molecule has 0 atom stereocenters. The van der Waals surface area contributed by atoms with Gasteiger partial charge in [0.1, 0.15) is 5.82 Å². The number of nitrogens with zero attached hydrogens (tertiary/aromatic N) is 2. The quantitative estimate of drug-likeness (QED) is 0.485. The highest BCUT2D eigenvalue weighted by molar-refractivity contribution is 7.10. The molecule has 32 heavy (non-hydrogen) atoms. The predicted molar refractivity (Wildman–Crippen MR) is 127 cm³/mol. The van der Waals surface area contributed by atoms with Crippen LogP contribution in [0, 0.1) is 0 Å². The van der Waals surface area contributed by atoms with Crippen LogP contribution in [0.15, 0.2) is 54.6 Å². The number of nitrogens with two attached hydrogens (primary N) is 1. The van der Waals surface area contributed by atoms with Gasteiger partial charge in [0, 0.05) is 59.7 Å². The molecule has 0 spiro atoms. The first kappa shape index (κ1) is 23.8. The van der Waals surface area contributed by atoms with E-state index in [1.165, 1.54) is 22.6 Å². The van der Waals surface area contributed by atoms with Crippen LogP contribution in [0.1, 0.15) is 51.3 Å². The number of aromatic nitrogens is 1. The van der Waals surface area contributed by atoms with Crippen LogP contribution < -0.4 is 5.73 Å². The van der Waals surface area contributed by atoms with Crippen LogP contribution in [-0.4, -0.2) is 22.2 Å². The fraction of sp³-hybridized carbons (Fsp3) is 0.280. The molecule has 0 aliphatic carbocycles. The van der Waals surface area contributed by atoms with Crippen molar-refractivity contribution in [3.05, 3.63) is 87.2 Å². The highest BCUT2D eigenvalue weighted by atomic mass is 32.1. The van der Waals surface area contributed by atoms with Gasteiger partial charge in [-0.15, -0.1) is 11.3 Å². The number of pyridine rings is 1. The minimum atomic E-state index is -2.71. The summed E-state index contributed by atoms with van der Waals surface area (Å²) in [6, 6.07) is 9.80. The molecule has 7 heteroatoms. The molecule has 3 aromatic rings. The van der Waals surface area contributed by atoms with E-state index in [0.29, 0.717) is 5.82 Å². The van der Waals surface area contributed by atoms with Crippen molar-refractivity contribution >= 4 is 29.0 Å². The molecule has 0 bridgehead atoms. The van der Waals surface area contributed by atoms with Crippen LogP contribution in [0.5, 0.6) is 0 Å². The number of carbonyl (C=O) groups excluding carboxylic acids is 1. The topological polar surface area (TPSA) is 59.2 Å². The lowest BCUT2D eigenvalue weighted by Gasteiger charge is -2.27. The number of halogens is 2. The highest BCUT2D eigenvalue weighted by Crippen LogP contribution is 2.30. The molecular weight excluding hydrogens is 428 g/mol. The molecule has 2 N–H and O–H groups in total. The minimum absolute atomic E-state index is 0.0648. The zero-order valence-corrected chi connectivity index (χ0v) is 19.1. The van der Waals surface area contributed by atoms with Gasteiger partial charge in [0.25, 0.3) is 5.92 Å². The summed E-state index contributed by atoms with van der Waals surface area (Å²) >= 11 is 1.69. The number of alkyl halides is 2. The van der Waals surface area contributed by atoms with Gasteiger partial charge in [0.05, 0.1) is 0 Å². The molecule has 2 aromatic heterocycles. The number of carbonyl (C=O) groups is 1. The third kappa shape index (κ3) is 5.87. The van der Waals surface area contributed by atoms with Crippen LogP contribution in [0.25, 0.3) is 6.08 Å². The zero-order chi connectivity index (χ0) is 23.3. The smallest absolute Gasteiger partial charge is 0.270 e. The van der Waals surface area contributed by atoms with E-state index in [1.807, 2.05) is 17.6 Å². The first-order valence-corrected chi connectivity index (χ1v) is 11.2. The largest absolute Gasteiger partial charge is 0.383 e. The highest BCUT2D eigenvalue weighted by Gasteiger charge is 2.23. The molecule has 1 aromatic carbocycles. The van der Waals surface area contributed by atoms with Gasteiger partial charge in [-0.05, 0) is 30.5 Å². The molecule has 0 radical (unpaired) electrons. The van der Waals surface area contributed by atoms with E-state index < -0.39 is 5.92 Å². The van der Waals surface area contributed by atoms with Crippen LogP contribution in [0.4, 0.5) is 14.6 Å². The average molecular weight is 456 g/mol. The number of thiophene rings is 1. The Morgan fingerprint density at radius 3 is 2.66 bits per heavy atom. The Morgan fingerprint density at radius 1 is 1.34 bits per heavy atom. The Balaban J connectivity index is 0.000000243. The summed E-state index contributed by atoms with van der Waals surface area (Å²) in [5, 5.41) is 2.00. The number of hydrogen-bond donors (Lipinski definition) is 1. The lowest BCUT2D eigenvalue weighted by Crippen LogP contribution is -2.29. The molecule has 3 heterocycles. The zero-order valence-electron chi connectivity index (χ0n) is 18.3. The van der Waals surface area contributed by atoms with Gasteiger partial charge in [-0.1, -0.05) is 43.0 Å². The number of rotatable bonds is 5. The molecule has 0 fully saturated rings. The van der Waals surface area contributed by atoms with Crippen LogP contribution in [0.2, 0.25) is 0 Å². The van der Waals surface area contributed by atoms with E-state index in [1.54, 1.807) is 42.5 Å². The lowest BCUT2D eigenvalue weighted by atomic mass is 10.0.